The molecule has 1 heterocycles. The van der Waals surface area contributed by atoms with Crippen LogP contribution >= 0.6 is 50.1 Å². The molecule has 0 spiro atoms. The molecule has 0 N–H and O–H groups in total. The number of benzene rings is 3. The first-order valence-electron chi connectivity index (χ1n) is 9.57. The fourth-order valence-electron chi connectivity index (χ4n) is 3.05. The maximum atomic E-state index is 13.9. The van der Waals surface area contributed by atoms with E-state index in [1.54, 1.807) is 36.4 Å². The Morgan fingerprint density at radius 3 is 2.73 bits per heavy atom. The average molecular weight is 643 g/mol. The second-order valence-corrected chi connectivity index (χ2v) is 9.30. The zero-order valence-electron chi connectivity index (χ0n) is 17.1. The number of nitrogens with zero attached hydrogens (tertiary/aromatic N) is 1. The number of ether oxygens (including phenoxy) is 3. The molecule has 0 fully saturated rings. The Labute approximate surface area is 216 Å². The van der Waals surface area contributed by atoms with Crippen molar-refractivity contribution in [2.45, 2.75) is 6.61 Å². The summed E-state index contributed by atoms with van der Waals surface area (Å²) in [6.45, 7) is -0.0191. The molecule has 9 heteroatoms. The van der Waals surface area contributed by atoms with Crippen LogP contribution in [0.5, 0.6) is 11.5 Å². The second kappa shape index (κ2) is 10.2. The number of carbonyl (C=O) groups is 1. The van der Waals surface area contributed by atoms with E-state index in [0.29, 0.717) is 22.4 Å². The van der Waals surface area contributed by atoms with Crippen molar-refractivity contribution in [1.82, 2.24) is 0 Å². The van der Waals surface area contributed by atoms with Gasteiger partial charge in [0.1, 0.15) is 12.4 Å². The summed E-state index contributed by atoms with van der Waals surface area (Å²) in [5.74, 6) is -0.127. The van der Waals surface area contributed by atoms with Gasteiger partial charge in [-0.1, -0.05) is 29.8 Å². The SMILES string of the molecule is COc1cc(/C=C2\N=C(c3ccc(I)c(Br)c3)OC2=O)cc(Cl)c1OCc1ccccc1F. The number of cyclic esters (lactones) is 1. The summed E-state index contributed by atoms with van der Waals surface area (Å²) in [7, 11) is 1.47. The van der Waals surface area contributed by atoms with Gasteiger partial charge < -0.3 is 14.2 Å². The summed E-state index contributed by atoms with van der Waals surface area (Å²) in [6.07, 6.45) is 1.55. The van der Waals surface area contributed by atoms with Gasteiger partial charge >= 0.3 is 5.97 Å². The topological polar surface area (TPSA) is 57.1 Å². The highest BCUT2D eigenvalue weighted by molar-refractivity contribution is 14.1. The summed E-state index contributed by atoms with van der Waals surface area (Å²) in [5.41, 5.74) is 1.75. The average Bonchev–Trinajstić information content (AvgIpc) is 3.15. The molecule has 33 heavy (non-hydrogen) atoms. The number of rotatable bonds is 6. The van der Waals surface area contributed by atoms with E-state index in [0.717, 1.165) is 8.04 Å². The highest BCUT2D eigenvalue weighted by Crippen LogP contribution is 2.38. The third kappa shape index (κ3) is 5.39. The number of methoxy groups -OCH3 is 1. The van der Waals surface area contributed by atoms with Gasteiger partial charge in [-0.15, -0.1) is 0 Å². The monoisotopic (exact) mass is 641 g/mol. The Bertz CT molecular complexity index is 1310. The van der Waals surface area contributed by atoms with Gasteiger partial charge in [0.15, 0.2) is 17.2 Å². The molecule has 0 unspecified atom stereocenters. The van der Waals surface area contributed by atoms with Crippen molar-refractivity contribution in [3.05, 3.63) is 95.9 Å². The first kappa shape index (κ1) is 23.7. The van der Waals surface area contributed by atoms with Gasteiger partial charge in [0, 0.05) is 19.2 Å². The first-order valence-corrected chi connectivity index (χ1v) is 11.8. The van der Waals surface area contributed by atoms with E-state index in [2.05, 4.69) is 43.5 Å². The van der Waals surface area contributed by atoms with E-state index in [9.17, 15) is 9.18 Å². The zero-order valence-corrected chi connectivity index (χ0v) is 21.6. The quantitative estimate of drug-likeness (QED) is 0.169. The van der Waals surface area contributed by atoms with E-state index in [4.69, 9.17) is 25.8 Å². The lowest BCUT2D eigenvalue weighted by Gasteiger charge is -2.13. The molecule has 5 nitrogen and oxygen atoms in total. The summed E-state index contributed by atoms with van der Waals surface area (Å²) < 4.78 is 32.2. The predicted molar refractivity (Wildman–Crippen MR) is 136 cm³/mol. The third-order valence-electron chi connectivity index (χ3n) is 4.67. The number of esters is 1. The predicted octanol–water partition coefficient (Wildman–Crippen LogP) is 6.78. The molecule has 168 valence electrons. The molecule has 1 aliphatic heterocycles. The molecule has 1 aliphatic rings. The Morgan fingerprint density at radius 2 is 2.00 bits per heavy atom. The molecule has 0 saturated heterocycles. The van der Waals surface area contributed by atoms with Gasteiger partial charge in [0.25, 0.3) is 0 Å². The lowest BCUT2D eigenvalue weighted by Crippen LogP contribution is -2.05. The lowest BCUT2D eigenvalue weighted by atomic mass is 10.1. The van der Waals surface area contributed by atoms with Crippen molar-refractivity contribution < 1.29 is 23.4 Å². The van der Waals surface area contributed by atoms with Crippen LogP contribution < -0.4 is 9.47 Å². The largest absolute Gasteiger partial charge is 0.493 e. The molecular formula is C24H15BrClFINO4. The molecule has 3 aromatic rings. The lowest BCUT2D eigenvalue weighted by molar-refractivity contribution is -0.129. The number of halogens is 4. The second-order valence-electron chi connectivity index (χ2n) is 6.88. The third-order valence-corrected chi connectivity index (χ3v) is 7.29. The van der Waals surface area contributed by atoms with Crippen LogP contribution in [0.15, 0.2) is 69.8 Å². The molecule has 0 aliphatic carbocycles. The van der Waals surface area contributed by atoms with Crippen molar-refractivity contribution in [2.75, 3.05) is 7.11 Å². The Morgan fingerprint density at radius 1 is 1.21 bits per heavy atom. The van der Waals surface area contributed by atoms with Crippen LogP contribution in [0.1, 0.15) is 16.7 Å². The number of hydrogen-bond donors (Lipinski definition) is 0. The molecule has 0 bridgehead atoms. The number of hydrogen-bond acceptors (Lipinski definition) is 5. The highest BCUT2D eigenvalue weighted by Gasteiger charge is 2.25. The van der Waals surface area contributed by atoms with E-state index in [1.165, 1.54) is 13.2 Å². The Balaban J connectivity index is 1.60. The van der Waals surface area contributed by atoms with E-state index < -0.39 is 5.97 Å². The highest BCUT2D eigenvalue weighted by atomic mass is 127. The van der Waals surface area contributed by atoms with E-state index in [1.807, 2.05) is 18.2 Å². The summed E-state index contributed by atoms with van der Waals surface area (Å²) in [4.78, 5) is 16.7. The minimum Gasteiger partial charge on any atom is -0.493 e. The van der Waals surface area contributed by atoms with Crippen molar-refractivity contribution in [2.24, 2.45) is 4.99 Å². The summed E-state index contributed by atoms with van der Waals surface area (Å²) in [6, 6.07) is 15.1. The van der Waals surface area contributed by atoms with Gasteiger partial charge in [-0.3, -0.25) is 0 Å². The van der Waals surface area contributed by atoms with Crippen LogP contribution in [-0.4, -0.2) is 19.0 Å². The van der Waals surface area contributed by atoms with Crippen LogP contribution in [0.25, 0.3) is 6.08 Å². The van der Waals surface area contributed by atoms with Gasteiger partial charge in [0.2, 0.25) is 5.90 Å². The van der Waals surface area contributed by atoms with Crippen LogP contribution in [0, 0.1) is 9.39 Å². The molecule has 0 atom stereocenters. The van der Waals surface area contributed by atoms with E-state index >= 15 is 0 Å². The maximum Gasteiger partial charge on any atom is 0.363 e. The number of aliphatic imine (C=N–C) groups is 1. The summed E-state index contributed by atoms with van der Waals surface area (Å²) in [5, 5.41) is 0.245. The molecule has 0 radical (unpaired) electrons. The molecule has 0 amide bonds. The Hall–Kier alpha value is -2.43. The molecule has 4 rings (SSSR count). The van der Waals surface area contributed by atoms with Crippen LogP contribution in [0.2, 0.25) is 5.02 Å². The molecule has 3 aromatic carbocycles. The zero-order chi connectivity index (χ0) is 23.5. The van der Waals surface area contributed by atoms with Crippen molar-refractivity contribution >= 4 is 68.1 Å². The molecule has 0 aromatic heterocycles. The van der Waals surface area contributed by atoms with Crippen LogP contribution in [0.3, 0.4) is 0 Å². The van der Waals surface area contributed by atoms with Gasteiger partial charge in [-0.2, -0.15) is 0 Å². The normalized spacial score (nSPS) is 14.3. The maximum absolute atomic E-state index is 13.9. The van der Waals surface area contributed by atoms with Crippen molar-refractivity contribution in [3.63, 3.8) is 0 Å². The van der Waals surface area contributed by atoms with E-state index in [-0.39, 0.29) is 34.8 Å². The van der Waals surface area contributed by atoms with Gasteiger partial charge in [0.05, 0.1) is 12.1 Å². The smallest absolute Gasteiger partial charge is 0.363 e. The number of carbonyl (C=O) groups excluding carboxylic acids is 1. The minimum atomic E-state index is -0.574. The minimum absolute atomic E-state index is 0.0191. The molecular weight excluding hydrogens is 628 g/mol. The first-order chi connectivity index (χ1) is 15.9. The van der Waals surface area contributed by atoms with Crippen molar-refractivity contribution in [3.8, 4) is 11.5 Å². The van der Waals surface area contributed by atoms with Gasteiger partial charge in [-0.05, 0) is 86.6 Å². The van der Waals surface area contributed by atoms with Crippen molar-refractivity contribution in [1.29, 1.82) is 0 Å². The fraction of sp³-hybridized carbons (Fsp3) is 0.0833. The standard InChI is InChI=1S/C24H15BrClFINO4/c1-31-21-10-13(8-17(26)22(21)32-12-15-4-2-3-5-18(15)27)9-20-24(30)33-23(29-20)14-6-7-19(28)16(25)11-14/h2-11H,12H2,1H3/b20-9-. The fourth-order valence-corrected chi connectivity index (χ4v) is 4.04. The van der Waals surface area contributed by atoms with Crippen LogP contribution in [0.4, 0.5) is 4.39 Å². The molecule has 0 saturated carbocycles. The van der Waals surface area contributed by atoms with Gasteiger partial charge in [-0.25, -0.2) is 14.2 Å². The van der Waals surface area contributed by atoms with Crippen LogP contribution in [-0.2, 0) is 16.1 Å². The summed E-state index contributed by atoms with van der Waals surface area (Å²) >= 11 is 12.1. The Kier molecular flexibility index (Phi) is 7.35.